The zero-order chi connectivity index (χ0) is 8.43. The smallest absolute Gasteiger partial charge is 0.152 e. The van der Waals surface area contributed by atoms with Gasteiger partial charge in [0, 0.05) is 0 Å². The number of halogens is 1. The molecular weight excluding hydrogens is 184 g/mol. The Bertz CT molecular complexity index is 301. The highest BCUT2D eigenvalue weighted by Crippen LogP contribution is 2.08. The Morgan fingerprint density at radius 3 is 2.73 bits per heavy atom. The number of hydrogen-bond acceptors (Lipinski definition) is 4. The maximum Gasteiger partial charge on any atom is 0.152 e. The van der Waals surface area contributed by atoms with Gasteiger partial charge in [-0.05, 0) is 0 Å². The predicted molar refractivity (Wildman–Crippen MR) is 47.3 cm³/mol. The second-order valence-corrected chi connectivity index (χ2v) is 2.62. The van der Waals surface area contributed by atoms with Gasteiger partial charge < -0.3 is 11.5 Å². The van der Waals surface area contributed by atoms with Gasteiger partial charge in [-0.15, -0.1) is 0 Å². The molecule has 1 aromatic heterocycles. The lowest BCUT2D eigenvalue weighted by molar-refractivity contribution is 1.19. The van der Waals surface area contributed by atoms with E-state index >= 15 is 0 Å². The van der Waals surface area contributed by atoms with E-state index in [1.807, 2.05) is 0 Å². The predicted octanol–water partition coefficient (Wildman–Crippen LogP) is 0.346. The molecule has 58 valence electrons. The summed E-state index contributed by atoms with van der Waals surface area (Å²) in [7, 11) is 0. The Morgan fingerprint density at radius 1 is 1.64 bits per heavy atom. The van der Waals surface area contributed by atoms with Crippen LogP contribution in [0, 0.1) is 0 Å². The molecule has 0 bridgehead atoms. The molecule has 0 amide bonds. The molecule has 0 aliphatic heterocycles. The second-order valence-electron chi connectivity index (χ2n) is 1.79. The summed E-state index contributed by atoms with van der Waals surface area (Å²) in [6, 6.07) is 0. The van der Waals surface area contributed by atoms with Crippen LogP contribution in [0.5, 0.6) is 0 Å². The number of thiocarbonyl (C=S) groups is 1. The average molecular weight is 189 g/mol. The molecule has 0 aromatic carbocycles. The molecule has 0 radical (unpaired) electrons. The van der Waals surface area contributed by atoms with Crippen LogP contribution in [-0.4, -0.2) is 15.0 Å². The van der Waals surface area contributed by atoms with Crippen molar-refractivity contribution >= 4 is 34.6 Å². The van der Waals surface area contributed by atoms with Crippen molar-refractivity contribution in [2.24, 2.45) is 5.73 Å². The van der Waals surface area contributed by atoms with Crippen LogP contribution in [-0.2, 0) is 0 Å². The van der Waals surface area contributed by atoms with E-state index in [4.69, 9.17) is 23.1 Å². The molecule has 4 N–H and O–H groups in total. The van der Waals surface area contributed by atoms with E-state index in [9.17, 15) is 0 Å². The van der Waals surface area contributed by atoms with Crippen LogP contribution >= 0.6 is 23.8 Å². The van der Waals surface area contributed by atoms with E-state index in [2.05, 4.69) is 22.2 Å². The third kappa shape index (κ3) is 1.75. The van der Waals surface area contributed by atoms with Crippen LogP contribution < -0.4 is 11.5 Å². The Hall–Kier alpha value is -0.940. The fraction of sp³-hybridized carbons (Fsp3) is 0. The quantitative estimate of drug-likeness (QED) is 0.622. The minimum absolute atomic E-state index is 0.0949. The molecule has 0 saturated heterocycles. The van der Waals surface area contributed by atoms with E-state index in [0.717, 1.165) is 0 Å². The van der Waals surface area contributed by atoms with Crippen LogP contribution in [0.3, 0.4) is 0 Å². The maximum absolute atomic E-state index is 5.52. The lowest BCUT2D eigenvalue weighted by atomic mass is 10.4. The summed E-state index contributed by atoms with van der Waals surface area (Å²) in [4.78, 5) is 7.59. The molecule has 0 aliphatic rings. The molecule has 0 aliphatic carbocycles. The van der Waals surface area contributed by atoms with E-state index in [-0.39, 0.29) is 21.7 Å². The topological polar surface area (TPSA) is 77.8 Å². The first-order valence-corrected chi connectivity index (χ1v) is 3.47. The van der Waals surface area contributed by atoms with Crippen molar-refractivity contribution in [3.05, 3.63) is 17.0 Å². The first kappa shape index (κ1) is 8.16. The number of nitrogen functional groups attached to an aromatic ring is 1. The monoisotopic (exact) mass is 188 g/mol. The first-order chi connectivity index (χ1) is 5.11. The molecule has 0 atom stereocenters. The highest BCUT2D eigenvalue weighted by Gasteiger charge is 2.05. The van der Waals surface area contributed by atoms with Gasteiger partial charge in [0.15, 0.2) is 5.82 Å². The van der Waals surface area contributed by atoms with Gasteiger partial charge >= 0.3 is 0 Å². The largest absolute Gasteiger partial charge is 0.388 e. The van der Waals surface area contributed by atoms with Crippen LogP contribution in [0.15, 0.2) is 6.20 Å². The van der Waals surface area contributed by atoms with Crippen molar-refractivity contribution in [2.45, 2.75) is 0 Å². The Morgan fingerprint density at radius 2 is 2.27 bits per heavy atom. The van der Waals surface area contributed by atoms with Crippen molar-refractivity contribution in [3.8, 4) is 0 Å². The van der Waals surface area contributed by atoms with Gasteiger partial charge in [0.05, 0.1) is 6.20 Å². The second kappa shape index (κ2) is 2.98. The number of aromatic nitrogens is 2. The minimum Gasteiger partial charge on any atom is -0.388 e. The van der Waals surface area contributed by atoms with Crippen molar-refractivity contribution in [2.75, 3.05) is 5.73 Å². The molecular formula is C5H5ClN4S. The van der Waals surface area contributed by atoms with Gasteiger partial charge in [-0.3, -0.25) is 0 Å². The van der Waals surface area contributed by atoms with Gasteiger partial charge in [0.2, 0.25) is 0 Å². The Kier molecular flexibility index (Phi) is 2.21. The highest BCUT2D eigenvalue weighted by atomic mass is 35.5. The molecule has 0 unspecified atom stereocenters. The lowest BCUT2D eigenvalue weighted by Gasteiger charge is -1.99. The zero-order valence-corrected chi connectivity index (χ0v) is 6.99. The molecule has 1 rings (SSSR count). The van der Waals surface area contributed by atoms with E-state index in [1.54, 1.807) is 0 Å². The Labute approximate surface area is 73.6 Å². The molecule has 0 saturated carbocycles. The summed E-state index contributed by atoms with van der Waals surface area (Å²) in [6.07, 6.45) is 1.33. The van der Waals surface area contributed by atoms with Gasteiger partial charge in [-0.2, -0.15) is 0 Å². The van der Waals surface area contributed by atoms with Crippen LogP contribution in [0.25, 0.3) is 0 Å². The first-order valence-electron chi connectivity index (χ1n) is 2.69. The number of nitrogens with two attached hydrogens (primary N) is 2. The number of rotatable bonds is 1. The summed E-state index contributed by atoms with van der Waals surface area (Å²) >= 11 is 10.2. The third-order valence-corrected chi connectivity index (χ3v) is 1.38. The fourth-order valence-corrected chi connectivity index (χ4v) is 0.842. The standard InChI is InChI=1S/C5H5ClN4S/c6-2-1-9-4(7)3(10-2)5(8)11/h1H,(H2,7,9)(H2,8,11). The van der Waals surface area contributed by atoms with Gasteiger partial charge in [0.25, 0.3) is 0 Å². The number of nitrogens with zero attached hydrogens (tertiary/aromatic N) is 2. The summed E-state index contributed by atoms with van der Waals surface area (Å²) in [6.45, 7) is 0. The van der Waals surface area contributed by atoms with Gasteiger partial charge in [-0.25, -0.2) is 9.97 Å². The van der Waals surface area contributed by atoms with Crippen LogP contribution in [0.1, 0.15) is 5.69 Å². The molecule has 6 heteroatoms. The van der Waals surface area contributed by atoms with Crippen molar-refractivity contribution in [3.63, 3.8) is 0 Å². The summed E-state index contributed by atoms with van der Waals surface area (Å²) in [5.74, 6) is 0.196. The van der Waals surface area contributed by atoms with Gasteiger partial charge in [0.1, 0.15) is 15.8 Å². The number of anilines is 1. The number of hydrogen-bond donors (Lipinski definition) is 2. The third-order valence-electron chi connectivity index (χ3n) is 1.00. The molecule has 11 heavy (non-hydrogen) atoms. The lowest BCUT2D eigenvalue weighted by Crippen LogP contribution is -2.15. The van der Waals surface area contributed by atoms with E-state index in [0.29, 0.717) is 0 Å². The van der Waals surface area contributed by atoms with Crippen molar-refractivity contribution in [1.82, 2.24) is 9.97 Å². The highest BCUT2D eigenvalue weighted by molar-refractivity contribution is 7.80. The van der Waals surface area contributed by atoms with Crippen LogP contribution in [0.2, 0.25) is 5.15 Å². The van der Waals surface area contributed by atoms with E-state index in [1.165, 1.54) is 6.20 Å². The SMILES string of the molecule is NC(=S)c1nc(Cl)cnc1N. The normalized spacial score (nSPS) is 9.55. The van der Waals surface area contributed by atoms with Crippen molar-refractivity contribution in [1.29, 1.82) is 0 Å². The molecule has 4 nitrogen and oxygen atoms in total. The molecule has 0 fully saturated rings. The zero-order valence-electron chi connectivity index (χ0n) is 5.41. The average Bonchev–Trinajstić information content (AvgIpc) is 1.94. The van der Waals surface area contributed by atoms with E-state index < -0.39 is 0 Å². The molecule has 1 heterocycles. The molecule has 0 spiro atoms. The molecule has 1 aromatic rings. The fourth-order valence-electron chi connectivity index (χ4n) is 0.558. The maximum atomic E-state index is 5.52. The van der Waals surface area contributed by atoms with Gasteiger partial charge in [-0.1, -0.05) is 23.8 Å². The summed E-state index contributed by atoms with van der Waals surface area (Å²) in [5.41, 5.74) is 10.9. The Balaban J connectivity index is 3.23. The minimum atomic E-state index is 0.0949. The van der Waals surface area contributed by atoms with Crippen molar-refractivity contribution < 1.29 is 0 Å². The summed E-state index contributed by atoms with van der Waals surface area (Å²) < 4.78 is 0. The summed E-state index contributed by atoms with van der Waals surface area (Å²) in [5, 5.41) is 0.224. The van der Waals surface area contributed by atoms with Crippen LogP contribution in [0.4, 0.5) is 5.82 Å².